The van der Waals surface area contributed by atoms with E-state index < -0.39 is 5.91 Å². The molecule has 0 saturated carbocycles. The molecule has 2 aromatic rings. The summed E-state index contributed by atoms with van der Waals surface area (Å²) in [4.78, 5) is 23.9. The van der Waals surface area contributed by atoms with E-state index >= 15 is 0 Å². The predicted molar refractivity (Wildman–Crippen MR) is 79.4 cm³/mol. The lowest BCUT2D eigenvalue weighted by Gasteiger charge is -2.05. The highest BCUT2D eigenvalue weighted by Gasteiger charge is 2.15. The van der Waals surface area contributed by atoms with Crippen molar-refractivity contribution in [1.82, 2.24) is 5.43 Å². The number of Topliss-reactive ketones (excluding diaryl/α,β-unsaturated/α-hetero) is 1. The second kappa shape index (κ2) is 6.88. The summed E-state index contributed by atoms with van der Waals surface area (Å²) in [6, 6.07) is 9.81. The Bertz CT molecular complexity index is 661. The second-order valence-corrected chi connectivity index (χ2v) is 4.70. The maximum atomic E-state index is 12.2. The van der Waals surface area contributed by atoms with Gasteiger partial charge < -0.3 is 4.42 Å². The Labute approximate surface area is 126 Å². The van der Waals surface area contributed by atoms with Gasteiger partial charge in [-0.2, -0.15) is 0 Å². The Balaban J connectivity index is 2.21. The maximum absolute atomic E-state index is 12.2. The molecular formula is C15H13ClN2O3. The lowest BCUT2D eigenvalue weighted by molar-refractivity contribution is -0.117. The van der Waals surface area contributed by atoms with Crippen LogP contribution in [-0.4, -0.2) is 11.7 Å². The molecule has 3 N–H and O–H groups in total. The minimum absolute atomic E-state index is 0.0919. The summed E-state index contributed by atoms with van der Waals surface area (Å²) in [6.07, 6.45) is 2.87. The molecule has 1 amide bonds. The van der Waals surface area contributed by atoms with E-state index in [0.717, 1.165) is 0 Å². The number of hydrazine groups is 1. The highest BCUT2D eigenvalue weighted by molar-refractivity contribution is 6.30. The molecule has 6 heteroatoms. The number of carbonyl (C=O) groups is 2. The Morgan fingerprint density at radius 1 is 1.24 bits per heavy atom. The van der Waals surface area contributed by atoms with Crippen LogP contribution in [0.2, 0.25) is 5.02 Å². The van der Waals surface area contributed by atoms with Crippen LogP contribution in [0.1, 0.15) is 22.5 Å². The first-order valence-corrected chi connectivity index (χ1v) is 6.51. The summed E-state index contributed by atoms with van der Waals surface area (Å²) >= 11 is 5.77. The zero-order chi connectivity index (χ0) is 15.2. The number of carbonyl (C=O) groups excluding carboxylic acids is 2. The third-order valence-corrected chi connectivity index (χ3v) is 3.05. The number of amides is 1. The van der Waals surface area contributed by atoms with Crippen molar-refractivity contribution in [2.45, 2.75) is 6.42 Å². The topological polar surface area (TPSA) is 85.3 Å². The fourth-order valence-electron chi connectivity index (χ4n) is 1.75. The molecular weight excluding hydrogens is 292 g/mol. The van der Waals surface area contributed by atoms with Crippen LogP contribution in [-0.2, 0) is 4.79 Å². The molecule has 0 atom stereocenters. The molecule has 0 aliphatic heterocycles. The van der Waals surface area contributed by atoms with Crippen LogP contribution < -0.4 is 11.3 Å². The largest absolute Gasteiger partial charge is 0.465 e. The Morgan fingerprint density at radius 3 is 2.52 bits per heavy atom. The zero-order valence-electron chi connectivity index (χ0n) is 11.0. The summed E-state index contributed by atoms with van der Waals surface area (Å²) in [5, 5.41) is 0.539. The van der Waals surface area contributed by atoms with Crippen molar-refractivity contribution >= 4 is 29.4 Å². The number of furan rings is 1. The number of ketones is 1. The Morgan fingerprint density at radius 2 is 1.95 bits per heavy atom. The lowest BCUT2D eigenvalue weighted by Crippen LogP contribution is -2.32. The van der Waals surface area contributed by atoms with E-state index in [4.69, 9.17) is 21.9 Å². The van der Waals surface area contributed by atoms with Crippen molar-refractivity contribution in [1.29, 1.82) is 0 Å². The molecule has 0 saturated heterocycles. The molecule has 0 aliphatic carbocycles. The number of nitrogens with two attached hydrogens (primary N) is 1. The van der Waals surface area contributed by atoms with Crippen molar-refractivity contribution in [2.24, 2.45) is 5.84 Å². The molecule has 0 spiro atoms. The van der Waals surface area contributed by atoms with E-state index in [1.165, 1.54) is 12.3 Å². The first-order chi connectivity index (χ1) is 10.1. The summed E-state index contributed by atoms with van der Waals surface area (Å²) in [5.74, 6) is 4.86. The van der Waals surface area contributed by atoms with Crippen LogP contribution in [0, 0.1) is 0 Å². The van der Waals surface area contributed by atoms with E-state index in [1.807, 2.05) is 5.43 Å². The van der Waals surface area contributed by atoms with Gasteiger partial charge in [0.2, 0.25) is 0 Å². The molecule has 0 radical (unpaired) electrons. The number of hydrogen-bond acceptors (Lipinski definition) is 4. The lowest BCUT2D eigenvalue weighted by atomic mass is 10.0. The third-order valence-electron chi connectivity index (χ3n) is 2.80. The van der Waals surface area contributed by atoms with Gasteiger partial charge in [0.05, 0.1) is 6.26 Å². The smallest absolute Gasteiger partial charge is 0.261 e. The first-order valence-electron chi connectivity index (χ1n) is 6.14. The molecule has 1 heterocycles. The number of halogens is 1. The number of hydrogen-bond donors (Lipinski definition) is 2. The number of rotatable bonds is 5. The maximum Gasteiger partial charge on any atom is 0.261 e. The molecule has 21 heavy (non-hydrogen) atoms. The average molecular weight is 305 g/mol. The normalized spacial score (nSPS) is 11.2. The summed E-state index contributed by atoms with van der Waals surface area (Å²) in [6.45, 7) is 0. The highest BCUT2D eigenvalue weighted by Crippen LogP contribution is 2.16. The molecule has 0 unspecified atom stereocenters. The quantitative estimate of drug-likeness (QED) is 0.292. The van der Waals surface area contributed by atoms with Gasteiger partial charge in [-0.15, -0.1) is 0 Å². The third kappa shape index (κ3) is 4.05. The van der Waals surface area contributed by atoms with Gasteiger partial charge in [0.25, 0.3) is 5.91 Å². The SMILES string of the molecule is NNC(=O)/C(=C/c1ccco1)CC(=O)c1ccc(Cl)cc1. The van der Waals surface area contributed by atoms with Gasteiger partial charge in [-0.25, -0.2) is 5.84 Å². The van der Waals surface area contributed by atoms with Crippen molar-refractivity contribution in [3.05, 3.63) is 64.6 Å². The van der Waals surface area contributed by atoms with Crippen LogP contribution in [0.25, 0.3) is 6.08 Å². The number of benzene rings is 1. The fourth-order valence-corrected chi connectivity index (χ4v) is 1.87. The highest BCUT2D eigenvalue weighted by atomic mass is 35.5. The fraction of sp³-hybridized carbons (Fsp3) is 0.0667. The van der Waals surface area contributed by atoms with Crippen molar-refractivity contribution in [3.63, 3.8) is 0 Å². The predicted octanol–water partition coefficient (Wildman–Crippen LogP) is 2.58. The van der Waals surface area contributed by atoms with E-state index in [-0.39, 0.29) is 17.8 Å². The summed E-state index contributed by atoms with van der Waals surface area (Å²) in [5.41, 5.74) is 2.70. The minimum atomic E-state index is -0.534. The molecule has 1 aromatic heterocycles. The van der Waals surface area contributed by atoms with Gasteiger partial charge in [0.15, 0.2) is 5.78 Å². The van der Waals surface area contributed by atoms with Crippen molar-refractivity contribution < 1.29 is 14.0 Å². The van der Waals surface area contributed by atoms with Gasteiger partial charge in [-0.3, -0.25) is 15.0 Å². The second-order valence-electron chi connectivity index (χ2n) is 4.27. The molecule has 1 aromatic carbocycles. The zero-order valence-corrected chi connectivity index (χ0v) is 11.8. The summed E-state index contributed by atoms with van der Waals surface area (Å²) < 4.78 is 5.14. The van der Waals surface area contributed by atoms with Crippen LogP contribution in [0.3, 0.4) is 0 Å². The molecule has 2 rings (SSSR count). The Hall–Kier alpha value is -2.37. The van der Waals surface area contributed by atoms with Crippen molar-refractivity contribution in [3.8, 4) is 0 Å². The van der Waals surface area contributed by atoms with Crippen LogP contribution in [0.15, 0.2) is 52.7 Å². The monoisotopic (exact) mass is 304 g/mol. The standard InChI is InChI=1S/C15H13ClN2O3/c16-12-5-3-10(4-6-12)14(19)9-11(15(20)18-17)8-13-2-1-7-21-13/h1-8H,9,17H2,(H,18,20)/b11-8+. The summed E-state index contributed by atoms with van der Waals surface area (Å²) in [7, 11) is 0. The average Bonchev–Trinajstić information content (AvgIpc) is 2.99. The van der Waals surface area contributed by atoms with Gasteiger partial charge in [-0.05, 0) is 42.5 Å². The molecule has 108 valence electrons. The molecule has 0 aliphatic rings. The van der Waals surface area contributed by atoms with Crippen LogP contribution >= 0.6 is 11.6 Å². The van der Waals surface area contributed by atoms with Crippen molar-refractivity contribution in [2.75, 3.05) is 0 Å². The first kappa shape index (κ1) is 15.0. The van der Waals surface area contributed by atoms with Gasteiger partial charge in [0.1, 0.15) is 5.76 Å². The van der Waals surface area contributed by atoms with E-state index in [1.54, 1.807) is 36.4 Å². The van der Waals surface area contributed by atoms with Crippen LogP contribution in [0.4, 0.5) is 0 Å². The Kier molecular flexibility index (Phi) is 4.92. The van der Waals surface area contributed by atoms with Gasteiger partial charge in [0, 0.05) is 22.6 Å². The van der Waals surface area contributed by atoms with E-state index in [0.29, 0.717) is 16.3 Å². The van der Waals surface area contributed by atoms with E-state index in [9.17, 15) is 9.59 Å². The van der Waals surface area contributed by atoms with Gasteiger partial charge >= 0.3 is 0 Å². The van der Waals surface area contributed by atoms with Crippen LogP contribution in [0.5, 0.6) is 0 Å². The molecule has 0 fully saturated rings. The molecule has 0 bridgehead atoms. The minimum Gasteiger partial charge on any atom is -0.465 e. The molecule has 5 nitrogen and oxygen atoms in total. The van der Waals surface area contributed by atoms with E-state index in [2.05, 4.69) is 0 Å². The number of nitrogens with one attached hydrogen (secondary N) is 1. The van der Waals surface area contributed by atoms with Gasteiger partial charge in [-0.1, -0.05) is 11.6 Å².